The topological polar surface area (TPSA) is 23.6 Å². The van der Waals surface area contributed by atoms with Crippen LogP contribution in [0.4, 0.5) is 18.9 Å². The Bertz CT molecular complexity index is 1010. The first-order valence-electron chi connectivity index (χ1n) is 11.4. The monoisotopic (exact) mass is 462 g/mol. The largest absolute Gasteiger partial charge is 0.471 e. The van der Waals surface area contributed by atoms with E-state index in [4.69, 9.17) is 0 Å². The number of benzene rings is 1. The lowest BCUT2D eigenvalue weighted by Gasteiger charge is -2.53. The van der Waals surface area contributed by atoms with Crippen LogP contribution in [0, 0.1) is 0 Å². The zero-order chi connectivity index (χ0) is 23.7. The molecular formula is C25H33F3N2OSi. The average Bonchev–Trinajstić information content (AvgIpc) is 3.18. The molecule has 0 N–H and O–H groups in total. The van der Waals surface area contributed by atoms with Gasteiger partial charge in [-0.3, -0.25) is 14.6 Å². The number of halogens is 3. The molecule has 3 atom stereocenters. The van der Waals surface area contributed by atoms with Gasteiger partial charge in [0.1, 0.15) is 0 Å². The number of hydrogen-bond acceptors (Lipinski definition) is 2. The van der Waals surface area contributed by atoms with Crippen LogP contribution in [0.15, 0.2) is 47.2 Å². The summed E-state index contributed by atoms with van der Waals surface area (Å²) in [6.07, 6.45) is 0.881. The van der Waals surface area contributed by atoms with E-state index in [1.165, 1.54) is 5.20 Å². The molecule has 1 aromatic rings. The van der Waals surface area contributed by atoms with E-state index in [-0.39, 0.29) is 6.04 Å². The minimum absolute atomic E-state index is 0.0506. The summed E-state index contributed by atoms with van der Waals surface area (Å²) in [6, 6.07) is 7.30. The van der Waals surface area contributed by atoms with E-state index in [1.807, 2.05) is 26.0 Å². The van der Waals surface area contributed by atoms with Crippen molar-refractivity contribution in [1.82, 2.24) is 4.90 Å². The van der Waals surface area contributed by atoms with Gasteiger partial charge in [-0.1, -0.05) is 60.8 Å². The number of alkyl halides is 3. The van der Waals surface area contributed by atoms with E-state index in [1.54, 1.807) is 12.1 Å². The third kappa shape index (κ3) is 3.00. The Morgan fingerprint density at radius 1 is 1.25 bits per heavy atom. The lowest BCUT2D eigenvalue weighted by atomic mass is 9.57. The molecule has 32 heavy (non-hydrogen) atoms. The summed E-state index contributed by atoms with van der Waals surface area (Å²) in [5, 5.41) is 1.46. The number of nitrogens with zero attached hydrogens (tertiary/aromatic N) is 2. The molecular weight excluding hydrogens is 429 g/mol. The molecule has 1 spiro atoms. The van der Waals surface area contributed by atoms with Crippen molar-refractivity contribution in [2.45, 2.75) is 76.4 Å². The predicted molar refractivity (Wildman–Crippen MR) is 126 cm³/mol. The number of hydrogen-bond donors (Lipinski definition) is 0. The van der Waals surface area contributed by atoms with Crippen LogP contribution in [0.5, 0.6) is 0 Å². The second-order valence-electron chi connectivity index (χ2n) is 10.6. The lowest BCUT2D eigenvalue weighted by Crippen LogP contribution is -2.66. The minimum atomic E-state index is -4.93. The maximum Gasteiger partial charge on any atom is 0.471 e. The van der Waals surface area contributed by atoms with Gasteiger partial charge in [-0.25, -0.2) is 0 Å². The molecule has 4 rings (SSSR count). The van der Waals surface area contributed by atoms with Crippen molar-refractivity contribution in [3.05, 3.63) is 52.8 Å². The van der Waals surface area contributed by atoms with E-state index < -0.39 is 31.1 Å². The van der Waals surface area contributed by atoms with Gasteiger partial charge >= 0.3 is 12.1 Å². The first-order valence-corrected chi connectivity index (χ1v) is 14.9. The number of rotatable bonds is 3. The average molecular weight is 463 g/mol. The summed E-state index contributed by atoms with van der Waals surface area (Å²) in [5.41, 5.74) is 0.545. The van der Waals surface area contributed by atoms with Crippen molar-refractivity contribution in [3.63, 3.8) is 0 Å². The van der Waals surface area contributed by atoms with Crippen molar-refractivity contribution < 1.29 is 18.0 Å². The summed E-state index contributed by atoms with van der Waals surface area (Å²) in [6.45, 7) is 14.5. The fraction of sp³-hybridized carbons (Fsp3) is 0.560. The van der Waals surface area contributed by atoms with Crippen LogP contribution >= 0.6 is 0 Å². The summed E-state index contributed by atoms with van der Waals surface area (Å²) >= 11 is 0. The van der Waals surface area contributed by atoms with Crippen LogP contribution in [0.2, 0.25) is 19.6 Å². The molecule has 0 saturated carbocycles. The zero-order valence-corrected chi connectivity index (χ0v) is 20.8. The van der Waals surface area contributed by atoms with Gasteiger partial charge in [-0.05, 0) is 51.8 Å². The number of likely N-dealkylation sites (tertiary alicyclic amines) is 1. The maximum atomic E-state index is 13.8. The van der Waals surface area contributed by atoms with E-state index in [0.29, 0.717) is 5.69 Å². The maximum absolute atomic E-state index is 13.8. The van der Waals surface area contributed by atoms with E-state index in [0.717, 1.165) is 42.0 Å². The van der Waals surface area contributed by atoms with Crippen molar-refractivity contribution in [2.75, 3.05) is 18.0 Å². The number of allylic oxidation sites excluding steroid dienone is 1. The van der Waals surface area contributed by atoms with Crippen LogP contribution in [0.25, 0.3) is 0 Å². The molecule has 7 heteroatoms. The second kappa shape index (κ2) is 7.32. The van der Waals surface area contributed by atoms with Crippen molar-refractivity contribution >= 4 is 19.7 Å². The number of carbonyl (C=O) groups excluding carboxylic acids is 1. The van der Waals surface area contributed by atoms with E-state index >= 15 is 0 Å². The first-order chi connectivity index (χ1) is 14.8. The Morgan fingerprint density at radius 2 is 1.91 bits per heavy atom. The van der Waals surface area contributed by atoms with Gasteiger partial charge in [0.25, 0.3) is 0 Å². The van der Waals surface area contributed by atoms with Crippen LogP contribution in [-0.4, -0.2) is 49.7 Å². The standard InChI is InChI=1S/C25H33F3N2OSi/c1-7-18(32(4,5)6)16-29-15-14-24-19-10-8-9-11-20(19)30(22(31)25(26,27)28)23(24,3)17(2)12-13-21(24)29/h7-12,21H,13-16H2,1-6H3/b18-7-/t21-,23-,24+/m0/s1. The number of amides is 1. The Labute approximate surface area is 190 Å². The summed E-state index contributed by atoms with van der Waals surface area (Å²) in [5.74, 6) is -1.77. The van der Waals surface area contributed by atoms with E-state index in [9.17, 15) is 18.0 Å². The molecule has 2 aliphatic heterocycles. The van der Waals surface area contributed by atoms with Crippen LogP contribution in [0.1, 0.15) is 39.2 Å². The molecule has 0 bridgehead atoms. The number of anilines is 1. The third-order valence-electron chi connectivity index (χ3n) is 8.29. The number of para-hydroxylation sites is 1. The quantitative estimate of drug-likeness (QED) is 0.416. The molecule has 1 fully saturated rings. The first kappa shape index (κ1) is 23.3. The second-order valence-corrected chi connectivity index (χ2v) is 15.8. The van der Waals surface area contributed by atoms with Gasteiger partial charge in [-0.15, -0.1) is 0 Å². The van der Waals surface area contributed by atoms with Crippen LogP contribution < -0.4 is 4.90 Å². The SMILES string of the molecule is C/C=C(/CN1CC[C@]23c4ccccc4N(C(=O)C(F)(F)F)[C@@]2(C)C(C)=CC[C@H]13)[Si](C)(C)C. The highest BCUT2D eigenvalue weighted by Gasteiger charge is 2.70. The van der Waals surface area contributed by atoms with Gasteiger partial charge in [0.2, 0.25) is 0 Å². The van der Waals surface area contributed by atoms with Crippen LogP contribution in [0.3, 0.4) is 0 Å². The summed E-state index contributed by atoms with van der Waals surface area (Å²) < 4.78 is 41.4. The lowest BCUT2D eigenvalue weighted by molar-refractivity contribution is -0.171. The molecule has 1 amide bonds. The fourth-order valence-electron chi connectivity index (χ4n) is 6.56. The highest BCUT2D eigenvalue weighted by molar-refractivity contribution is 6.83. The molecule has 1 aliphatic carbocycles. The summed E-state index contributed by atoms with van der Waals surface area (Å²) in [7, 11) is -1.52. The zero-order valence-electron chi connectivity index (χ0n) is 19.8. The molecule has 0 radical (unpaired) electrons. The molecule has 0 aromatic heterocycles. The molecule has 1 aromatic carbocycles. The highest BCUT2D eigenvalue weighted by atomic mass is 28.3. The molecule has 0 unspecified atom stereocenters. The third-order valence-corrected chi connectivity index (χ3v) is 10.7. The molecule has 3 nitrogen and oxygen atoms in total. The fourth-order valence-corrected chi connectivity index (χ4v) is 8.10. The van der Waals surface area contributed by atoms with Crippen molar-refractivity contribution in [2.24, 2.45) is 0 Å². The van der Waals surface area contributed by atoms with Gasteiger partial charge in [0.05, 0.1) is 13.6 Å². The molecule has 174 valence electrons. The van der Waals surface area contributed by atoms with Gasteiger partial charge in [0.15, 0.2) is 0 Å². The van der Waals surface area contributed by atoms with Crippen LogP contribution in [-0.2, 0) is 10.2 Å². The number of carbonyl (C=O) groups is 1. The molecule has 3 aliphatic rings. The summed E-state index contributed by atoms with van der Waals surface area (Å²) in [4.78, 5) is 16.3. The Morgan fingerprint density at radius 3 is 2.50 bits per heavy atom. The highest BCUT2D eigenvalue weighted by Crippen LogP contribution is 2.64. The predicted octanol–water partition coefficient (Wildman–Crippen LogP) is 5.84. The van der Waals surface area contributed by atoms with Gasteiger partial charge in [0, 0.05) is 23.7 Å². The Hall–Kier alpha value is -1.86. The number of fused-ring (bicyclic) bond motifs is 1. The van der Waals surface area contributed by atoms with Gasteiger partial charge < -0.3 is 0 Å². The molecule has 1 saturated heterocycles. The Kier molecular flexibility index (Phi) is 5.33. The smallest absolute Gasteiger partial charge is 0.296 e. The van der Waals surface area contributed by atoms with E-state index in [2.05, 4.69) is 43.6 Å². The van der Waals surface area contributed by atoms with Gasteiger partial charge in [-0.2, -0.15) is 13.2 Å². The molecule has 2 heterocycles. The Balaban J connectivity index is 1.88. The van der Waals surface area contributed by atoms with Crippen molar-refractivity contribution in [1.29, 1.82) is 0 Å². The minimum Gasteiger partial charge on any atom is -0.296 e. The normalized spacial score (nSPS) is 30.7. The van der Waals surface area contributed by atoms with Crippen molar-refractivity contribution in [3.8, 4) is 0 Å².